The lowest BCUT2D eigenvalue weighted by atomic mass is 10.00. The minimum Gasteiger partial charge on any atom is -0.347 e. The molecule has 0 N–H and O–H groups in total. The maximum absolute atomic E-state index is 5.77. The molecule has 1 atom stereocenters. The molecule has 4 heteroatoms. The van der Waals surface area contributed by atoms with Crippen molar-refractivity contribution in [3.8, 4) is 0 Å². The van der Waals surface area contributed by atoms with Crippen molar-refractivity contribution in [2.75, 3.05) is 26.3 Å². The van der Waals surface area contributed by atoms with Crippen molar-refractivity contribution in [1.82, 2.24) is 9.88 Å². The summed E-state index contributed by atoms with van der Waals surface area (Å²) in [7, 11) is 0. The molecular formula is C15H22N2O2. The number of ether oxygens (including phenoxy) is 2. The molecular weight excluding hydrogens is 240 g/mol. The van der Waals surface area contributed by atoms with Crippen molar-refractivity contribution in [1.29, 1.82) is 0 Å². The number of hydrogen-bond donors (Lipinski definition) is 0. The Bertz CT molecular complexity index is 394. The van der Waals surface area contributed by atoms with Crippen LogP contribution in [-0.4, -0.2) is 48.0 Å². The van der Waals surface area contributed by atoms with E-state index in [0.29, 0.717) is 6.04 Å². The summed E-state index contributed by atoms with van der Waals surface area (Å²) in [6.45, 7) is 5.94. The van der Waals surface area contributed by atoms with Crippen LogP contribution in [0.25, 0.3) is 0 Å². The molecule has 3 rings (SSSR count). The van der Waals surface area contributed by atoms with Gasteiger partial charge in [-0.3, -0.25) is 9.88 Å². The summed E-state index contributed by atoms with van der Waals surface area (Å²) >= 11 is 0. The highest BCUT2D eigenvalue weighted by Gasteiger charge is 2.40. The third-order valence-electron chi connectivity index (χ3n) is 4.28. The smallest absolute Gasteiger partial charge is 0.170 e. The number of rotatable bonds is 3. The molecule has 0 aromatic carbocycles. The van der Waals surface area contributed by atoms with E-state index in [1.54, 1.807) is 0 Å². The predicted molar refractivity (Wildman–Crippen MR) is 72.8 cm³/mol. The van der Waals surface area contributed by atoms with Crippen LogP contribution in [0.1, 0.15) is 25.3 Å². The van der Waals surface area contributed by atoms with Crippen LogP contribution >= 0.6 is 0 Å². The van der Waals surface area contributed by atoms with E-state index in [0.717, 1.165) is 45.6 Å². The quantitative estimate of drug-likeness (QED) is 0.832. The predicted octanol–water partition coefficient (Wildman–Crippen LogP) is 1.85. The van der Waals surface area contributed by atoms with Crippen LogP contribution in [0.4, 0.5) is 0 Å². The van der Waals surface area contributed by atoms with Crippen LogP contribution in [0.5, 0.6) is 0 Å². The average Bonchev–Trinajstić information content (AvgIpc) is 2.89. The van der Waals surface area contributed by atoms with E-state index >= 15 is 0 Å². The van der Waals surface area contributed by atoms with Gasteiger partial charge in [0.05, 0.1) is 13.2 Å². The molecule has 0 bridgehead atoms. The van der Waals surface area contributed by atoms with Crippen molar-refractivity contribution in [2.45, 2.75) is 38.0 Å². The Morgan fingerprint density at radius 2 is 1.84 bits per heavy atom. The lowest BCUT2D eigenvalue weighted by molar-refractivity contribution is -0.187. The number of likely N-dealkylation sites (tertiary alicyclic amines) is 1. The Kier molecular flexibility index (Phi) is 3.82. The highest BCUT2D eigenvalue weighted by molar-refractivity contribution is 5.11. The minimum atomic E-state index is -0.257. The van der Waals surface area contributed by atoms with Crippen molar-refractivity contribution >= 4 is 0 Å². The first-order valence-electron chi connectivity index (χ1n) is 7.18. The van der Waals surface area contributed by atoms with Gasteiger partial charge in [0.2, 0.25) is 0 Å². The van der Waals surface area contributed by atoms with Gasteiger partial charge in [0.15, 0.2) is 5.79 Å². The zero-order chi connectivity index (χ0) is 13.1. The second kappa shape index (κ2) is 5.57. The Hall–Kier alpha value is -0.970. The van der Waals surface area contributed by atoms with Gasteiger partial charge in [0.1, 0.15) is 0 Å². The Morgan fingerprint density at radius 1 is 1.21 bits per heavy atom. The van der Waals surface area contributed by atoms with Crippen molar-refractivity contribution < 1.29 is 9.47 Å². The van der Waals surface area contributed by atoms with Crippen LogP contribution in [-0.2, 0) is 15.9 Å². The van der Waals surface area contributed by atoms with E-state index in [1.165, 1.54) is 5.56 Å². The normalized spacial score (nSPS) is 24.7. The first-order valence-corrected chi connectivity index (χ1v) is 7.18. The van der Waals surface area contributed by atoms with Crippen molar-refractivity contribution in [3.63, 3.8) is 0 Å². The van der Waals surface area contributed by atoms with Gasteiger partial charge >= 0.3 is 0 Å². The monoisotopic (exact) mass is 262 g/mol. The van der Waals surface area contributed by atoms with E-state index < -0.39 is 0 Å². The van der Waals surface area contributed by atoms with Gasteiger partial charge in [0, 0.05) is 44.4 Å². The average molecular weight is 262 g/mol. The summed E-state index contributed by atoms with van der Waals surface area (Å²) in [4.78, 5) is 6.61. The molecule has 0 aliphatic carbocycles. The third-order valence-corrected chi connectivity index (χ3v) is 4.28. The Balaban J connectivity index is 1.53. The van der Waals surface area contributed by atoms with Crippen molar-refractivity contribution in [3.05, 3.63) is 30.1 Å². The molecule has 1 spiro atoms. The first kappa shape index (κ1) is 13.0. The summed E-state index contributed by atoms with van der Waals surface area (Å²) in [5, 5.41) is 0. The summed E-state index contributed by atoms with van der Waals surface area (Å²) in [5.41, 5.74) is 1.36. The third kappa shape index (κ3) is 2.96. The summed E-state index contributed by atoms with van der Waals surface area (Å²) in [6, 6.07) is 4.76. The van der Waals surface area contributed by atoms with Crippen LogP contribution in [0.3, 0.4) is 0 Å². The fourth-order valence-electron chi connectivity index (χ4n) is 3.08. The molecule has 2 aliphatic heterocycles. The summed E-state index contributed by atoms with van der Waals surface area (Å²) in [6.07, 6.45) is 6.81. The number of pyridine rings is 1. The molecule has 104 valence electrons. The molecule has 1 unspecified atom stereocenters. The highest BCUT2D eigenvalue weighted by Crippen LogP contribution is 2.32. The van der Waals surface area contributed by atoms with E-state index in [-0.39, 0.29) is 5.79 Å². The van der Waals surface area contributed by atoms with Gasteiger partial charge in [0.25, 0.3) is 0 Å². The number of hydrogen-bond acceptors (Lipinski definition) is 4. The molecule has 3 heterocycles. The Morgan fingerprint density at radius 3 is 2.47 bits per heavy atom. The largest absolute Gasteiger partial charge is 0.347 e. The molecule has 4 nitrogen and oxygen atoms in total. The SMILES string of the molecule is CC(Cc1ccncc1)N1CCC2(CC1)OCCO2. The lowest BCUT2D eigenvalue weighted by Gasteiger charge is -2.40. The van der Waals surface area contributed by atoms with Gasteiger partial charge in [-0.05, 0) is 31.0 Å². The van der Waals surface area contributed by atoms with Crippen LogP contribution in [0, 0.1) is 0 Å². The topological polar surface area (TPSA) is 34.6 Å². The number of nitrogens with zero attached hydrogens (tertiary/aromatic N) is 2. The molecule has 1 aromatic heterocycles. The molecule has 2 saturated heterocycles. The molecule has 1 aromatic rings. The molecule has 2 fully saturated rings. The maximum atomic E-state index is 5.77. The number of piperidine rings is 1. The highest BCUT2D eigenvalue weighted by atomic mass is 16.7. The van der Waals surface area contributed by atoms with Crippen LogP contribution in [0.2, 0.25) is 0 Å². The van der Waals surface area contributed by atoms with Gasteiger partial charge in [-0.1, -0.05) is 0 Å². The van der Waals surface area contributed by atoms with Gasteiger partial charge in [-0.2, -0.15) is 0 Å². The van der Waals surface area contributed by atoms with E-state index in [2.05, 4.69) is 28.9 Å². The zero-order valence-electron chi connectivity index (χ0n) is 11.5. The summed E-state index contributed by atoms with van der Waals surface area (Å²) in [5.74, 6) is -0.257. The van der Waals surface area contributed by atoms with Gasteiger partial charge in [-0.15, -0.1) is 0 Å². The van der Waals surface area contributed by atoms with E-state index in [4.69, 9.17) is 9.47 Å². The standard InChI is InChI=1S/C15H22N2O2/c1-13(12-14-2-6-16-7-3-14)17-8-4-15(5-9-17)18-10-11-19-15/h2-3,6-7,13H,4-5,8-12H2,1H3. The van der Waals surface area contributed by atoms with E-state index in [9.17, 15) is 0 Å². The van der Waals surface area contributed by atoms with Crippen LogP contribution in [0.15, 0.2) is 24.5 Å². The zero-order valence-corrected chi connectivity index (χ0v) is 11.5. The lowest BCUT2D eigenvalue weighted by Crippen LogP contribution is -2.48. The minimum absolute atomic E-state index is 0.257. The fraction of sp³-hybridized carbons (Fsp3) is 0.667. The first-order chi connectivity index (χ1) is 9.27. The Labute approximate surface area is 114 Å². The second-order valence-corrected chi connectivity index (χ2v) is 5.55. The van der Waals surface area contributed by atoms with Gasteiger partial charge < -0.3 is 9.47 Å². The number of aromatic nitrogens is 1. The molecule has 19 heavy (non-hydrogen) atoms. The molecule has 0 radical (unpaired) electrons. The van der Waals surface area contributed by atoms with Crippen LogP contribution < -0.4 is 0 Å². The molecule has 0 amide bonds. The molecule has 0 saturated carbocycles. The summed E-state index contributed by atoms with van der Waals surface area (Å²) < 4.78 is 11.5. The van der Waals surface area contributed by atoms with Gasteiger partial charge in [-0.25, -0.2) is 0 Å². The maximum Gasteiger partial charge on any atom is 0.170 e. The second-order valence-electron chi connectivity index (χ2n) is 5.55. The molecule has 2 aliphatic rings. The van der Waals surface area contributed by atoms with E-state index in [1.807, 2.05) is 12.4 Å². The fourth-order valence-corrected chi connectivity index (χ4v) is 3.08. The van der Waals surface area contributed by atoms with Crippen molar-refractivity contribution in [2.24, 2.45) is 0 Å².